The molecule has 1 aromatic carbocycles. The summed E-state index contributed by atoms with van der Waals surface area (Å²) in [5, 5.41) is 8.09. The minimum Gasteiger partial charge on any atom is -0.496 e. The van der Waals surface area contributed by atoms with E-state index in [1.54, 1.807) is 7.11 Å². The van der Waals surface area contributed by atoms with Crippen LogP contribution in [-0.2, 0) is 13.1 Å². The smallest absolute Gasteiger partial charge is 0.123 e. The van der Waals surface area contributed by atoms with E-state index in [2.05, 4.69) is 48.7 Å². The van der Waals surface area contributed by atoms with Crippen molar-refractivity contribution in [2.24, 2.45) is 0 Å². The molecule has 1 aliphatic rings. The van der Waals surface area contributed by atoms with Gasteiger partial charge in [-0.15, -0.1) is 0 Å². The molecule has 21 heavy (non-hydrogen) atoms. The van der Waals surface area contributed by atoms with Crippen LogP contribution in [0.15, 0.2) is 24.4 Å². The molecule has 1 saturated carbocycles. The molecule has 0 bridgehead atoms. The number of methoxy groups -OCH3 is 1. The van der Waals surface area contributed by atoms with Crippen molar-refractivity contribution >= 4 is 0 Å². The van der Waals surface area contributed by atoms with Crippen molar-refractivity contribution in [3.63, 3.8) is 0 Å². The molecule has 3 rings (SSSR count). The number of aryl methyl sites for hydroxylation is 2. The Morgan fingerprint density at radius 1 is 1.38 bits per heavy atom. The first-order valence-electron chi connectivity index (χ1n) is 7.66. The van der Waals surface area contributed by atoms with Crippen molar-refractivity contribution in [3.05, 3.63) is 35.7 Å². The normalized spacial score (nSPS) is 14.4. The lowest BCUT2D eigenvalue weighted by Crippen LogP contribution is -2.15. The fourth-order valence-corrected chi connectivity index (χ4v) is 2.59. The second kappa shape index (κ2) is 5.90. The number of hydrogen-bond acceptors (Lipinski definition) is 3. The molecule has 0 unspecified atom stereocenters. The van der Waals surface area contributed by atoms with Crippen LogP contribution < -0.4 is 10.1 Å². The highest BCUT2D eigenvalue weighted by Crippen LogP contribution is 2.29. The van der Waals surface area contributed by atoms with Gasteiger partial charge in [0.15, 0.2) is 0 Å². The Bertz CT molecular complexity index is 629. The maximum Gasteiger partial charge on any atom is 0.123 e. The van der Waals surface area contributed by atoms with Crippen LogP contribution >= 0.6 is 0 Å². The summed E-state index contributed by atoms with van der Waals surface area (Å²) in [6.07, 6.45) is 4.71. The van der Waals surface area contributed by atoms with Gasteiger partial charge in [-0.25, -0.2) is 0 Å². The lowest BCUT2D eigenvalue weighted by atomic mass is 10.0. The average Bonchev–Trinajstić information content (AvgIpc) is 3.26. The van der Waals surface area contributed by atoms with Gasteiger partial charge >= 0.3 is 0 Å². The fourth-order valence-electron chi connectivity index (χ4n) is 2.59. The van der Waals surface area contributed by atoms with E-state index in [9.17, 15) is 0 Å². The molecule has 0 atom stereocenters. The van der Waals surface area contributed by atoms with Gasteiger partial charge in [0.1, 0.15) is 5.75 Å². The summed E-state index contributed by atoms with van der Waals surface area (Å²) in [6, 6.07) is 7.09. The highest BCUT2D eigenvalue weighted by Gasteiger charge is 2.21. The summed E-state index contributed by atoms with van der Waals surface area (Å²) in [7, 11) is 1.73. The van der Waals surface area contributed by atoms with Crippen LogP contribution in [-0.4, -0.2) is 22.9 Å². The second-order valence-electron chi connectivity index (χ2n) is 5.67. The standard InChI is InChI=1S/C17H23N3O/c1-4-20-11-16(12(2)19-20)13-5-8-17(21-3)14(9-13)10-18-15-6-7-15/h5,8-9,11,15,18H,4,6-7,10H2,1-3H3. The topological polar surface area (TPSA) is 39.1 Å². The SMILES string of the molecule is CCn1cc(-c2ccc(OC)c(CNC3CC3)c2)c(C)n1. The molecule has 1 N–H and O–H groups in total. The Kier molecular flexibility index (Phi) is 3.97. The van der Waals surface area contributed by atoms with E-state index >= 15 is 0 Å². The van der Waals surface area contributed by atoms with Crippen molar-refractivity contribution in [2.75, 3.05) is 7.11 Å². The lowest BCUT2D eigenvalue weighted by Gasteiger charge is -2.11. The molecule has 2 aromatic rings. The van der Waals surface area contributed by atoms with Crippen molar-refractivity contribution in [1.29, 1.82) is 0 Å². The quantitative estimate of drug-likeness (QED) is 0.886. The molecule has 112 valence electrons. The van der Waals surface area contributed by atoms with Gasteiger partial charge in [-0.1, -0.05) is 6.07 Å². The zero-order chi connectivity index (χ0) is 14.8. The first-order chi connectivity index (χ1) is 10.2. The van der Waals surface area contributed by atoms with Gasteiger partial charge in [0.25, 0.3) is 0 Å². The Labute approximate surface area is 126 Å². The maximum absolute atomic E-state index is 5.48. The van der Waals surface area contributed by atoms with Crippen LogP contribution in [0.4, 0.5) is 0 Å². The van der Waals surface area contributed by atoms with Crippen LogP contribution in [0.1, 0.15) is 31.0 Å². The first kappa shape index (κ1) is 14.1. The zero-order valence-electron chi connectivity index (χ0n) is 13.0. The Morgan fingerprint density at radius 2 is 2.19 bits per heavy atom. The van der Waals surface area contributed by atoms with Gasteiger partial charge in [-0.3, -0.25) is 4.68 Å². The van der Waals surface area contributed by atoms with Crippen LogP contribution in [0, 0.1) is 6.92 Å². The van der Waals surface area contributed by atoms with Crippen LogP contribution in [0.25, 0.3) is 11.1 Å². The molecule has 0 spiro atoms. The molecular formula is C17H23N3O. The van der Waals surface area contributed by atoms with Gasteiger partial charge in [-0.2, -0.15) is 5.10 Å². The van der Waals surface area contributed by atoms with Crippen LogP contribution in [0.3, 0.4) is 0 Å². The molecule has 0 radical (unpaired) electrons. The third-order valence-corrected chi connectivity index (χ3v) is 4.02. The van der Waals surface area contributed by atoms with Crippen molar-refractivity contribution in [2.45, 2.75) is 45.8 Å². The molecule has 1 aliphatic carbocycles. The van der Waals surface area contributed by atoms with E-state index in [0.29, 0.717) is 6.04 Å². The van der Waals surface area contributed by atoms with Gasteiger partial charge < -0.3 is 10.1 Å². The molecular weight excluding hydrogens is 262 g/mol. The highest BCUT2D eigenvalue weighted by atomic mass is 16.5. The predicted molar refractivity (Wildman–Crippen MR) is 84.5 cm³/mol. The van der Waals surface area contributed by atoms with E-state index in [0.717, 1.165) is 24.5 Å². The van der Waals surface area contributed by atoms with Crippen LogP contribution in [0.2, 0.25) is 0 Å². The average molecular weight is 285 g/mol. The monoisotopic (exact) mass is 285 g/mol. The summed E-state index contributed by atoms with van der Waals surface area (Å²) in [6.45, 7) is 5.93. The molecule has 0 saturated heterocycles. The highest BCUT2D eigenvalue weighted by molar-refractivity contribution is 5.67. The number of nitrogens with one attached hydrogen (secondary N) is 1. The van der Waals surface area contributed by atoms with E-state index in [-0.39, 0.29) is 0 Å². The van der Waals surface area contributed by atoms with E-state index in [4.69, 9.17) is 4.74 Å². The van der Waals surface area contributed by atoms with Gasteiger partial charge in [0, 0.05) is 36.5 Å². The Balaban J connectivity index is 1.90. The number of benzene rings is 1. The second-order valence-corrected chi connectivity index (χ2v) is 5.67. The zero-order valence-corrected chi connectivity index (χ0v) is 13.0. The van der Waals surface area contributed by atoms with E-state index < -0.39 is 0 Å². The Morgan fingerprint density at radius 3 is 2.81 bits per heavy atom. The van der Waals surface area contributed by atoms with Gasteiger partial charge in [0.2, 0.25) is 0 Å². The largest absolute Gasteiger partial charge is 0.496 e. The third kappa shape index (κ3) is 3.10. The van der Waals surface area contributed by atoms with Crippen molar-refractivity contribution < 1.29 is 4.74 Å². The van der Waals surface area contributed by atoms with Crippen molar-refractivity contribution in [1.82, 2.24) is 15.1 Å². The summed E-state index contributed by atoms with van der Waals surface area (Å²) < 4.78 is 7.47. The van der Waals surface area contributed by atoms with Gasteiger partial charge in [-0.05, 0) is 44.4 Å². The maximum atomic E-state index is 5.48. The molecule has 4 heteroatoms. The minimum atomic E-state index is 0.697. The summed E-state index contributed by atoms with van der Waals surface area (Å²) in [5.41, 5.74) is 4.70. The van der Waals surface area contributed by atoms with Crippen molar-refractivity contribution in [3.8, 4) is 16.9 Å². The number of hydrogen-bond donors (Lipinski definition) is 1. The van der Waals surface area contributed by atoms with E-state index in [1.807, 2.05) is 4.68 Å². The van der Waals surface area contributed by atoms with E-state index in [1.165, 1.54) is 29.5 Å². The third-order valence-electron chi connectivity index (χ3n) is 4.02. The minimum absolute atomic E-state index is 0.697. The first-order valence-corrected chi connectivity index (χ1v) is 7.66. The Hall–Kier alpha value is -1.81. The molecule has 0 amide bonds. The summed E-state index contributed by atoms with van der Waals surface area (Å²) >= 11 is 0. The molecule has 0 aliphatic heterocycles. The predicted octanol–water partition coefficient (Wildman–Crippen LogP) is 3.14. The summed E-state index contributed by atoms with van der Waals surface area (Å²) in [5.74, 6) is 0.951. The van der Waals surface area contributed by atoms with Crippen LogP contribution in [0.5, 0.6) is 5.75 Å². The number of rotatable bonds is 6. The molecule has 4 nitrogen and oxygen atoms in total. The summed E-state index contributed by atoms with van der Waals surface area (Å²) in [4.78, 5) is 0. The molecule has 1 heterocycles. The fraction of sp³-hybridized carbons (Fsp3) is 0.471. The number of aromatic nitrogens is 2. The number of nitrogens with zero attached hydrogens (tertiary/aromatic N) is 2. The molecule has 1 aromatic heterocycles. The molecule has 1 fully saturated rings. The lowest BCUT2D eigenvalue weighted by molar-refractivity contribution is 0.407. The van der Waals surface area contributed by atoms with Gasteiger partial charge in [0.05, 0.1) is 12.8 Å². The number of ether oxygens (including phenoxy) is 1.